The zero-order chi connectivity index (χ0) is 13.1. The van der Waals surface area contributed by atoms with Gasteiger partial charge >= 0.3 is 0 Å². The van der Waals surface area contributed by atoms with Gasteiger partial charge in [-0.1, -0.05) is 50.1 Å². The van der Waals surface area contributed by atoms with Crippen molar-refractivity contribution in [3.63, 3.8) is 0 Å². The smallest absolute Gasteiger partial charge is 0.0136 e. The molecule has 0 amide bonds. The third-order valence-electron chi connectivity index (χ3n) is 5.12. The molecule has 2 aliphatic rings. The van der Waals surface area contributed by atoms with Crippen molar-refractivity contribution in [2.45, 2.75) is 57.4 Å². The number of nitrogens with one attached hydrogen (secondary N) is 1. The minimum Gasteiger partial charge on any atom is -0.313 e. The van der Waals surface area contributed by atoms with Crippen molar-refractivity contribution in [2.24, 2.45) is 11.8 Å². The third-order valence-corrected chi connectivity index (χ3v) is 5.12. The van der Waals surface area contributed by atoms with Gasteiger partial charge < -0.3 is 5.32 Å². The zero-order valence-electron chi connectivity index (χ0n) is 12.1. The van der Waals surface area contributed by atoms with Gasteiger partial charge in [0.25, 0.3) is 0 Å². The molecule has 19 heavy (non-hydrogen) atoms. The molecule has 1 aromatic rings. The molecule has 2 saturated carbocycles. The molecular weight excluding hydrogens is 230 g/mol. The van der Waals surface area contributed by atoms with E-state index >= 15 is 0 Å². The highest BCUT2D eigenvalue weighted by atomic mass is 14.9. The minimum atomic E-state index is 0.706. The monoisotopic (exact) mass is 257 g/mol. The molecule has 0 saturated heterocycles. The van der Waals surface area contributed by atoms with Gasteiger partial charge in [-0.2, -0.15) is 0 Å². The van der Waals surface area contributed by atoms with Crippen LogP contribution < -0.4 is 5.32 Å². The predicted molar refractivity (Wildman–Crippen MR) is 81.3 cm³/mol. The molecule has 2 fully saturated rings. The van der Waals surface area contributed by atoms with Crippen LogP contribution in [0.3, 0.4) is 0 Å². The topological polar surface area (TPSA) is 12.0 Å². The van der Waals surface area contributed by atoms with Crippen molar-refractivity contribution in [2.75, 3.05) is 6.54 Å². The highest BCUT2D eigenvalue weighted by molar-refractivity contribution is 5.22. The average molecular weight is 257 g/mol. The van der Waals surface area contributed by atoms with E-state index in [4.69, 9.17) is 0 Å². The van der Waals surface area contributed by atoms with Gasteiger partial charge in [-0.3, -0.25) is 0 Å². The summed E-state index contributed by atoms with van der Waals surface area (Å²) in [6.07, 6.45) is 8.45. The van der Waals surface area contributed by atoms with Crippen LogP contribution in [-0.2, 0) is 0 Å². The number of benzene rings is 1. The van der Waals surface area contributed by atoms with Crippen molar-refractivity contribution in [3.05, 3.63) is 35.9 Å². The zero-order valence-corrected chi connectivity index (χ0v) is 12.1. The Bertz CT molecular complexity index is 382. The quantitative estimate of drug-likeness (QED) is 0.827. The molecule has 104 valence electrons. The van der Waals surface area contributed by atoms with Crippen molar-refractivity contribution >= 4 is 0 Å². The van der Waals surface area contributed by atoms with Gasteiger partial charge in [0.2, 0.25) is 0 Å². The molecule has 0 radical (unpaired) electrons. The van der Waals surface area contributed by atoms with Crippen LogP contribution in [0.15, 0.2) is 30.3 Å². The number of hydrogen-bond donors (Lipinski definition) is 1. The molecule has 0 heterocycles. The fraction of sp³-hybridized carbons (Fsp3) is 0.667. The van der Waals surface area contributed by atoms with Crippen molar-refractivity contribution in [1.29, 1.82) is 0 Å². The molecule has 1 nitrogen and oxygen atoms in total. The van der Waals surface area contributed by atoms with E-state index in [0.29, 0.717) is 6.04 Å². The van der Waals surface area contributed by atoms with Gasteiger partial charge in [-0.25, -0.2) is 0 Å². The van der Waals surface area contributed by atoms with Gasteiger partial charge in [-0.05, 0) is 55.5 Å². The average Bonchev–Trinajstić information content (AvgIpc) is 3.31. The van der Waals surface area contributed by atoms with E-state index < -0.39 is 0 Å². The molecule has 1 N–H and O–H groups in total. The van der Waals surface area contributed by atoms with Crippen LogP contribution in [0.4, 0.5) is 0 Å². The molecule has 0 aliphatic heterocycles. The highest BCUT2D eigenvalue weighted by Crippen LogP contribution is 2.37. The molecule has 3 rings (SSSR count). The second kappa shape index (κ2) is 6.09. The second-order valence-electron chi connectivity index (χ2n) is 6.63. The summed E-state index contributed by atoms with van der Waals surface area (Å²) in [4.78, 5) is 0. The summed E-state index contributed by atoms with van der Waals surface area (Å²) in [5.74, 6) is 2.63. The van der Waals surface area contributed by atoms with E-state index in [2.05, 4.69) is 42.6 Å². The Morgan fingerprint density at radius 2 is 1.79 bits per heavy atom. The van der Waals surface area contributed by atoms with Gasteiger partial charge in [0.1, 0.15) is 0 Å². The Morgan fingerprint density at radius 3 is 2.53 bits per heavy atom. The first-order valence-corrected chi connectivity index (χ1v) is 8.13. The summed E-state index contributed by atoms with van der Waals surface area (Å²) in [5.41, 5.74) is 1.54. The molecule has 2 aliphatic carbocycles. The Labute approximate surface area is 117 Å². The summed E-state index contributed by atoms with van der Waals surface area (Å²) in [6.45, 7) is 3.64. The van der Waals surface area contributed by atoms with Gasteiger partial charge in [0.15, 0.2) is 0 Å². The molecular formula is C18H27N. The Hall–Kier alpha value is -0.820. The molecule has 3 atom stereocenters. The first kappa shape index (κ1) is 13.2. The van der Waals surface area contributed by atoms with Gasteiger partial charge in [0, 0.05) is 6.04 Å². The Kier molecular flexibility index (Phi) is 4.22. The maximum Gasteiger partial charge on any atom is 0.0136 e. The van der Waals surface area contributed by atoms with Crippen LogP contribution in [0, 0.1) is 11.8 Å². The van der Waals surface area contributed by atoms with Crippen LogP contribution in [0.25, 0.3) is 0 Å². The first-order valence-electron chi connectivity index (χ1n) is 8.13. The normalized spacial score (nSPS) is 29.1. The number of hydrogen-bond acceptors (Lipinski definition) is 1. The lowest BCUT2D eigenvalue weighted by atomic mass is 9.80. The summed E-state index contributed by atoms with van der Waals surface area (Å²) in [6, 6.07) is 11.8. The van der Waals surface area contributed by atoms with E-state index in [1.807, 2.05) is 0 Å². The minimum absolute atomic E-state index is 0.706. The third kappa shape index (κ3) is 3.39. The molecule has 3 unspecified atom stereocenters. The highest BCUT2D eigenvalue weighted by Gasteiger charge is 2.30. The largest absolute Gasteiger partial charge is 0.313 e. The van der Waals surface area contributed by atoms with Crippen LogP contribution in [0.2, 0.25) is 0 Å². The predicted octanol–water partition coefficient (Wildman–Crippen LogP) is 4.35. The lowest BCUT2D eigenvalue weighted by Crippen LogP contribution is -2.39. The van der Waals surface area contributed by atoms with E-state index in [1.165, 1.54) is 45.1 Å². The van der Waals surface area contributed by atoms with E-state index in [9.17, 15) is 0 Å². The van der Waals surface area contributed by atoms with Crippen LogP contribution in [0.5, 0.6) is 0 Å². The fourth-order valence-corrected chi connectivity index (χ4v) is 3.64. The number of rotatable bonds is 5. The van der Waals surface area contributed by atoms with Crippen molar-refractivity contribution in [3.8, 4) is 0 Å². The SMILES string of the molecule is CC(CNC1CCCCC1c1ccccc1)C1CC1. The molecule has 1 aromatic carbocycles. The van der Waals surface area contributed by atoms with Crippen LogP contribution >= 0.6 is 0 Å². The van der Waals surface area contributed by atoms with Crippen molar-refractivity contribution < 1.29 is 0 Å². The summed E-state index contributed by atoms with van der Waals surface area (Å²) >= 11 is 0. The van der Waals surface area contributed by atoms with Crippen molar-refractivity contribution in [1.82, 2.24) is 5.32 Å². The van der Waals surface area contributed by atoms with Crippen LogP contribution in [0.1, 0.15) is 56.9 Å². The lowest BCUT2D eigenvalue weighted by Gasteiger charge is -2.33. The Morgan fingerprint density at radius 1 is 1.05 bits per heavy atom. The fourth-order valence-electron chi connectivity index (χ4n) is 3.64. The standard InChI is InChI=1S/C18H27N/c1-14(15-11-12-15)13-19-18-10-6-5-9-17(18)16-7-3-2-4-8-16/h2-4,7-8,14-15,17-19H,5-6,9-13H2,1H3. The van der Waals surface area contributed by atoms with Crippen LogP contribution in [-0.4, -0.2) is 12.6 Å². The Balaban J connectivity index is 1.60. The molecule has 1 heteroatoms. The molecule has 0 spiro atoms. The second-order valence-corrected chi connectivity index (χ2v) is 6.63. The van der Waals surface area contributed by atoms with E-state index in [1.54, 1.807) is 5.56 Å². The van der Waals surface area contributed by atoms with Gasteiger partial charge in [0.05, 0.1) is 0 Å². The molecule has 0 bridgehead atoms. The van der Waals surface area contributed by atoms with Gasteiger partial charge in [-0.15, -0.1) is 0 Å². The van der Waals surface area contributed by atoms with E-state index in [-0.39, 0.29) is 0 Å². The first-order chi connectivity index (χ1) is 9.34. The maximum atomic E-state index is 3.89. The summed E-state index contributed by atoms with van der Waals surface area (Å²) in [5, 5.41) is 3.89. The summed E-state index contributed by atoms with van der Waals surface area (Å²) in [7, 11) is 0. The molecule has 0 aromatic heterocycles. The lowest BCUT2D eigenvalue weighted by molar-refractivity contribution is 0.306. The maximum absolute atomic E-state index is 3.89. The van der Waals surface area contributed by atoms with E-state index in [0.717, 1.165) is 17.8 Å². The summed E-state index contributed by atoms with van der Waals surface area (Å²) < 4.78 is 0.